The van der Waals surface area contributed by atoms with Crippen LogP contribution in [0.3, 0.4) is 0 Å². The summed E-state index contributed by atoms with van der Waals surface area (Å²) >= 11 is 0. The molecule has 0 N–H and O–H groups in total. The largest absolute Gasteiger partial charge is 0.192 e. The quantitative estimate of drug-likeness (QED) is 0.514. The normalized spacial score (nSPS) is 15.1. The van der Waals surface area contributed by atoms with E-state index >= 15 is 0 Å². The first kappa shape index (κ1) is 16.9. The molecule has 0 radical (unpaired) electrons. The van der Waals surface area contributed by atoms with Crippen molar-refractivity contribution in [2.75, 3.05) is 0 Å². The van der Waals surface area contributed by atoms with Crippen molar-refractivity contribution in [2.45, 2.75) is 45.4 Å². The van der Waals surface area contributed by atoms with E-state index < -0.39 is 0 Å². The van der Waals surface area contributed by atoms with Crippen LogP contribution in [0.25, 0.3) is 21.9 Å². The zero-order valence-corrected chi connectivity index (χ0v) is 15.5. The van der Waals surface area contributed by atoms with Crippen molar-refractivity contribution < 1.29 is 0 Å². The van der Waals surface area contributed by atoms with E-state index in [2.05, 4.69) is 43.3 Å². The molecule has 0 aromatic heterocycles. The van der Waals surface area contributed by atoms with E-state index in [-0.39, 0.29) is 0 Å². The molecule has 0 heterocycles. The Morgan fingerprint density at radius 2 is 1.62 bits per heavy atom. The molecule has 1 fully saturated rings. The third-order valence-electron chi connectivity index (χ3n) is 5.98. The van der Waals surface area contributed by atoms with Crippen molar-refractivity contribution in [3.63, 3.8) is 0 Å². The molecule has 0 unspecified atom stereocenters. The van der Waals surface area contributed by atoms with Crippen LogP contribution in [0.15, 0.2) is 54.6 Å². The number of hydrogen-bond acceptors (Lipinski definition) is 1. The van der Waals surface area contributed by atoms with Crippen molar-refractivity contribution in [3.8, 4) is 17.2 Å². The van der Waals surface area contributed by atoms with Crippen molar-refractivity contribution >= 4 is 10.8 Å². The minimum absolute atomic E-state index is 0.706. The Hall–Kier alpha value is -2.59. The monoisotopic (exact) mass is 339 g/mol. The number of fused-ring (bicyclic) bond motifs is 1. The Bertz CT molecular complexity index is 954. The number of benzene rings is 3. The predicted octanol–water partition coefficient (Wildman–Crippen LogP) is 6.81. The van der Waals surface area contributed by atoms with Gasteiger partial charge in [0.15, 0.2) is 0 Å². The lowest BCUT2D eigenvalue weighted by molar-refractivity contribution is 0.356. The number of nitriles is 1. The molecule has 0 atom stereocenters. The van der Waals surface area contributed by atoms with Gasteiger partial charge in [-0.1, -0.05) is 68.5 Å². The highest BCUT2D eigenvalue weighted by atomic mass is 14.2. The van der Waals surface area contributed by atoms with Crippen LogP contribution in [0.5, 0.6) is 0 Å². The minimum atomic E-state index is 0.706. The Balaban J connectivity index is 1.64. The van der Waals surface area contributed by atoms with Crippen molar-refractivity contribution in [1.29, 1.82) is 5.26 Å². The molecule has 0 saturated heterocycles. The Labute approximate surface area is 156 Å². The van der Waals surface area contributed by atoms with Crippen LogP contribution in [0, 0.1) is 24.2 Å². The summed E-state index contributed by atoms with van der Waals surface area (Å²) in [5.74, 6) is 0.873. The number of hydrogen-bond donors (Lipinski definition) is 0. The van der Waals surface area contributed by atoms with Crippen LogP contribution in [0.1, 0.15) is 48.8 Å². The van der Waals surface area contributed by atoms with Gasteiger partial charge in [-0.3, -0.25) is 0 Å². The van der Waals surface area contributed by atoms with E-state index in [0.717, 1.165) is 11.5 Å². The van der Waals surface area contributed by atoms with Crippen LogP contribution < -0.4 is 0 Å². The third kappa shape index (κ3) is 3.37. The highest BCUT2D eigenvalue weighted by Crippen LogP contribution is 2.32. The Morgan fingerprint density at radius 1 is 0.885 bits per heavy atom. The summed E-state index contributed by atoms with van der Waals surface area (Å²) in [4.78, 5) is 0. The second-order valence-electron chi connectivity index (χ2n) is 7.68. The van der Waals surface area contributed by atoms with Crippen molar-refractivity contribution in [2.24, 2.45) is 5.92 Å². The van der Waals surface area contributed by atoms with Crippen LogP contribution >= 0.6 is 0 Å². The maximum atomic E-state index is 8.96. The second-order valence-corrected chi connectivity index (χ2v) is 7.68. The maximum Gasteiger partial charge on any atom is 0.0991 e. The molecule has 1 aliphatic rings. The molecule has 0 spiro atoms. The summed E-state index contributed by atoms with van der Waals surface area (Å²) < 4.78 is 0. The molecule has 3 aromatic carbocycles. The van der Waals surface area contributed by atoms with Crippen LogP contribution in [-0.4, -0.2) is 0 Å². The highest BCUT2D eigenvalue weighted by molar-refractivity contribution is 5.90. The lowest BCUT2D eigenvalue weighted by atomic mass is 9.83. The van der Waals surface area contributed by atoms with Gasteiger partial charge in [-0.25, -0.2) is 0 Å². The van der Waals surface area contributed by atoms with Gasteiger partial charge in [-0.05, 0) is 70.5 Å². The first-order chi connectivity index (χ1) is 12.7. The van der Waals surface area contributed by atoms with Gasteiger partial charge < -0.3 is 0 Å². The van der Waals surface area contributed by atoms with Crippen LogP contribution in [-0.2, 0) is 6.42 Å². The average Bonchev–Trinajstić information content (AvgIpc) is 2.71. The minimum Gasteiger partial charge on any atom is -0.192 e. The van der Waals surface area contributed by atoms with Gasteiger partial charge in [0.05, 0.1) is 11.6 Å². The average molecular weight is 339 g/mol. The van der Waals surface area contributed by atoms with Gasteiger partial charge in [-0.2, -0.15) is 5.26 Å². The van der Waals surface area contributed by atoms with Gasteiger partial charge in [0, 0.05) is 0 Å². The zero-order valence-electron chi connectivity index (χ0n) is 15.5. The molecule has 26 heavy (non-hydrogen) atoms. The topological polar surface area (TPSA) is 23.8 Å². The molecule has 0 bridgehead atoms. The summed E-state index contributed by atoms with van der Waals surface area (Å²) in [6, 6.07) is 21.4. The zero-order chi connectivity index (χ0) is 17.9. The SMILES string of the molecule is Cc1c(CC2CCCCC2)ccc2cc(-c3ccc(C#N)cc3)ccc12. The summed E-state index contributed by atoms with van der Waals surface area (Å²) in [6.07, 6.45) is 8.27. The highest BCUT2D eigenvalue weighted by Gasteiger charge is 2.15. The molecule has 1 heteroatoms. The number of rotatable bonds is 3. The molecule has 3 aromatic rings. The smallest absolute Gasteiger partial charge is 0.0991 e. The van der Waals surface area contributed by atoms with E-state index in [1.54, 1.807) is 0 Å². The predicted molar refractivity (Wildman–Crippen MR) is 109 cm³/mol. The van der Waals surface area contributed by atoms with Gasteiger partial charge in [-0.15, -0.1) is 0 Å². The van der Waals surface area contributed by atoms with Crippen LogP contribution in [0.4, 0.5) is 0 Å². The lowest BCUT2D eigenvalue weighted by Crippen LogP contribution is -2.10. The summed E-state index contributed by atoms with van der Waals surface area (Å²) in [7, 11) is 0. The molecular weight excluding hydrogens is 314 g/mol. The third-order valence-corrected chi connectivity index (χ3v) is 5.98. The standard InChI is InChI=1S/C25H25N/c1-18-22(15-19-5-3-2-4-6-19)11-12-24-16-23(13-14-25(18)24)21-9-7-20(17-26)8-10-21/h7-14,16,19H,2-6,15H2,1H3. The summed E-state index contributed by atoms with van der Waals surface area (Å²) in [5, 5.41) is 11.6. The van der Waals surface area contributed by atoms with Gasteiger partial charge in [0.2, 0.25) is 0 Å². The van der Waals surface area contributed by atoms with E-state index in [1.165, 1.54) is 66.0 Å². The molecular formula is C25H25N. The van der Waals surface area contributed by atoms with E-state index in [0.29, 0.717) is 5.56 Å². The number of nitrogens with zero attached hydrogens (tertiary/aromatic N) is 1. The Kier molecular flexibility index (Phi) is 4.76. The second kappa shape index (κ2) is 7.34. The maximum absolute atomic E-state index is 8.96. The van der Waals surface area contributed by atoms with Gasteiger partial charge >= 0.3 is 0 Å². The van der Waals surface area contributed by atoms with E-state index in [9.17, 15) is 0 Å². The fourth-order valence-electron chi connectivity index (χ4n) is 4.37. The fraction of sp³-hybridized carbons (Fsp3) is 0.320. The van der Waals surface area contributed by atoms with Crippen LogP contribution in [0.2, 0.25) is 0 Å². The Morgan fingerprint density at radius 3 is 2.35 bits per heavy atom. The molecule has 1 aliphatic carbocycles. The van der Waals surface area contributed by atoms with Crippen molar-refractivity contribution in [1.82, 2.24) is 0 Å². The van der Waals surface area contributed by atoms with E-state index in [4.69, 9.17) is 5.26 Å². The molecule has 0 aliphatic heterocycles. The van der Waals surface area contributed by atoms with Crippen molar-refractivity contribution in [3.05, 3.63) is 71.3 Å². The molecule has 4 rings (SSSR count). The molecule has 1 saturated carbocycles. The van der Waals surface area contributed by atoms with E-state index in [1.807, 2.05) is 24.3 Å². The van der Waals surface area contributed by atoms with Gasteiger partial charge in [0.1, 0.15) is 0 Å². The fourth-order valence-corrected chi connectivity index (χ4v) is 4.37. The first-order valence-electron chi connectivity index (χ1n) is 9.77. The number of aryl methyl sites for hydroxylation is 1. The first-order valence-corrected chi connectivity index (χ1v) is 9.77. The lowest BCUT2D eigenvalue weighted by Gasteiger charge is -2.22. The molecule has 1 nitrogen and oxygen atoms in total. The summed E-state index contributed by atoms with van der Waals surface area (Å²) in [6.45, 7) is 2.28. The summed E-state index contributed by atoms with van der Waals surface area (Å²) in [5.41, 5.74) is 6.05. The van der Waals surface area contributed by atoms with Gasteiger partial charge in [0.25, 0.3) is 0 Å². The molecule has 130 valence electrons. The molecule has 0 amide bonds.